The van der Waals surface area contributed by atoms with E-state index in [1.807, 2.05) is 20.8 Å². The second-order valence-corrected chi connectivity index (χ2v) is 3.79. The molecule has 96 valence electrons. The summed E-state index contributed by atoms with van der Waals surface area (Å²) in [5.41, 5.74) is 2.51. The zero-order valence-corrected chi connectivity index (χ0v) is 10.6. The van der Waals surface area contributed by atoms with E-state index in [-0.39, 0.29) is 12.1 Å². The molecular formula is C10H24N4O2. The summed E-state index contributed by atoms with van der Waals surface area (Å²) < 4.78 is 10.4. The van der Waals surface area contributed by atoms with Gasteiger partial charge in [0.1, 0.15) is 0 Å². The Morgan fingerprint density at radius 3 is 2.56 bits per heavy atom. The van der Waals surface area contributed by atoms with E-state index in [4.69, 9.17) is 15.3 Å². The van der Waals surface area contributed by atoms with Gasteiger partial charge < -0.3 is 14.8 Å². The highest BCUT2D eigenvalue weighted by atomic mass is 16.5. The van der Waals surface area contributed by atoms with Crippen molar-refractivity contribution < 1.29 is 9.47 Å². The molecular weight excluding hydrogens is 208 g/mol. The summed E-state index contributed by atoms with van der Waals surface area (Å²) in [6.45, 7) is 7.73. The van der Waals surface area contributed by atoms with E-state index in [1.54, 1.807) is 7.11 Å². The van der Waals surface area contributed by atoms with Gasteiger partial charge in [-0.25, -0.2) is 10.8 Å². The largest absolute Gasteiger partial charge is 0.383 e. The molecule has 0 fully saturated rings. The number of nitrogens with one attached hydrogen (secondary N) is 2. The third-order valence-electron chi connectivity index (χ3n) is 1.75. The Balaban J connectivity index is 3.83. The van der Waals surface area contributed by atoms with Crippen molar-refractivity contribution in [3.05, 3.63) is 0 Å². The molecule has 0 aliphatic carbocycles. The minimum absolute atomic E-state index is 0.158. The average Bonchev–Trinajstić information content (AvgIpc) is 2.22. The minimum atomic E-state index is 0.158. The second kappa shape index (κ2) is 9.38. The Morgan fingerprint density at radius 2 is 2.06 bits per heavy atom. The van der Waals surface area contributed by atoms with Gasteiger partial charge in [0.2, 0.25) is 5.96 Å². The highest BCUT2D eigenvalue weighted by Gasteiger charge is 2.03. The van der Waals surface area contributed by atoms with Gasteiger partial charge >= 0.3 is 0 Å². The van der Waals surface area contributed by atoms with Gasteiger partial charge in [-0.05, 0) is 20.8 Å². The van der Waals surface area contributed by atoms with Crippen LogP contribution in [-0.4, -0.2) is 45.0 Å². The van der Waals surface area contributed by atoms with Gasteiger partial charge in [-0.3, -0.25) is 5.43 Å². The number of hydrogen-bond acceptors (Lipinski definition) is 4. The highest BCUT2D eigenvalue weighted by molar-refractivity contribution is 5.79. The molecule has 0 saturated carbocycles. The van der Waals surface area contributed by atoms with Gasteiger partial charge in [0.25, 0.3) is 0 Å². The molecule has 0 bridgehead atoms. The third-order valence-corrected chi connectivity index (χ3v) is 1.75. The van der Waals surface area contributed by atoms with Crippen molar-refractivity contribution in [1.82, 2.24) is 10.7 Å². The molecule has 1 atom stereocenters. The predicted octanol–water partition coefficient (Wildman–Crippen LogP) is -0.145. The lowest BCUT2D eigenvalue weighted by molar-refractivity contribution is 0.0852. The second-order valence-electron chi connectivity index (χ2n) is 3.79. The van der Waals surface area contributed by atoms with E-state index in [2.05, 4.69) is 15.7 Å². The van der Waals surface area contributed by atoms with E-state index >= 15 is 0 Å². The van der Waals surface area contributed by atoms with Crippen LogP contribution in [-0.2, 0) is 9.47 Å². The lowest BCUT2D eigenvalue weighted by Gasteiger charge is -2.15. The van der Waals surface area contributed by atoms with Crippen molar-refractivity contribution >= 4 is 5.96 Å². The van der Waals surface area contributed by atoms with Crippen LogP contribution in [0.25, 0.3) is 0 Å². The highest BCUT2D eigenvalue weighted by Crippen LogP contribution is 1.87. The maximum absolute atomic E-state index is 5.36. The van der Waals surface area contributed by atoms with Crippen molar-refractivity contribution in [2.24, 2.45) is 10.8 Å². The molecule has 0 spiro atoms. The van der Waals surface area contributed by atoms with Crippen molar-refractivity contribution in [3.8, 4) is 0 Å². The summed E-state index contributed by atoms with van der Waals surface area (Å²) in [6, 6.07) is 0.158. The summed E-state index contributed by atoms with van der Waals surface area (Å²) in [5.74, 6) is 5.89. The lowest BCUT2D eigenvalue weighted by Crippen LogP contribution is -2.47. The Morgan fingerprint density at radius 1 is 1.38 bits per heavy atom. The zero-order valence-electron chi connectivity index (χ0n) is 10.6. The van der Waals surface area contributed by atoms with Gasteiger partial charge in [0, 0.05) is 13.2 Å². The number of nitrogens with two attached hydrogens (primary N) is 1. The Kier molecular flexibility index (Phi) is 8.88. The van der Waals surface area contributed by atoms with Crippen LogP contribution in [0.2, 0.25) is 0 Å². The Bertz CT molecular complexity index is 197. The maximum atomic E-state index is 5.36. The SMILES string of the molecule is COCC(C)NC(=NCCOC(C)C)NN. The van der Waals surface area contributed by atoms with Crippen LogP contribution < -0.4 is 16.6 Å². The lowest BCUT2D eigenvalue weighted by atomic mass is 10.4. The van der Waals surface area contributed by atoms with Crippen molar-refractivity contribution in [1.29, 1.82) is 0 Å². The number of aliphatic imine (C=N–C) groups is 1. The topological polar surface area (TPSA) is 80.9 Å². The van der Waals surface area contributed by atoms with Crippen molar-refractivity contribution in [2.75, 3.05) is 26.9 Å². The first-order valence-corrected chi connectivity index (χ1v) is 5.48. The summed E-state index contributed by atoms with van der Waals surface area (Å²) in [4.78, 5) is 4.23. The quantitative estimate of drug-likeness (QED) is 0.187. The molecule has 0 aliphatic heterocycles. The van der Waals surface area contributed by atoms with Crippen molar-refractivity contribution in [2.45, 2.75) is 32.9 Å². The van der Waals surface area contributed by atoms with Gasteiger partial charge in [0.05, 0.1) is 25.9 Å². The fourth-order valence-electron chi connectivity index (χ4n) is 1.10. The molecule has 0 amide bonds. The number of hydrazine groups is 1. The molecule has 16 heavy (non-hydrogen) atoms. The molecule has 0 heterocycles. The fourth-order valence-corrected chi connectivity index (χ4v) is 1.10. The van der Waals surface area contributed by atoms with E-state index in [9.17, 15) is 0 Å². The van der Waals surface area contributed by atoms with Crippen LogP contribution in [0.3, 0.4) is 0 Å². The molecule has 0 radical (unpaired) electrons. The van der Waals surface area contributed by atoms with E-state index in [1.165, 1.54) is 0 Å². The van der Waals surface area contributed by atoms with Gasteiger partial charge in [-0.15, -0.1) is 0 Å². The number of methoxy groups -OCH3 is 1. The zero-order chi connectivity index (χ0) is 12.4. The van der Waals surface area contributed by atoms with E-state index in [0.717, 1.165) is 0 Å². The van der Waals surface area contributed by atoms with Crippen molar-refractivity contribution in [3.63, 3.8) is 0 Å². The van der Waals surface area contributed by atoms with Gasteiger partial charge in [-0.2, -0.15) is 0 Å². The average molecular weight is 232 g/mol. The molecule has 0 aromatic heterocycles. The summed E-state index contributed by atoms with van der Waals surface area (Å²) in [6.07, 6.45) is 0.227. The maximum Gasteiger partial charge on any atom is 0.206 e. The number of hydrogen-bond donors (Lipinski definition) is 3. The van der Waals surface area contributed by atoms with E-state index < -0.39 is 0 Å². The number of nitrogens with zero attached hydrogens (tertiary/aromatic N) is 1. The first-order chi connectivity index (χ1) is 7.60. The monoisotopic (exact) mass is 232 g/mol. The van der Waals surface area contributed by atoms with Crippen LogP contribution in [0.15, 0.2) is 4.99 Å². The molecule has 1 unspecified atom stereocenters. The number of ether oxygens (including phenoxy) is 2. The molecule has 0 aromatic rings. The summed E-state index contributed by atoms with van der Waals surface area (Å²) in [7, 11) is 1.65. The smallest absolute Gasteiger partial charge is 0.206 e. The van der Waals surface area contributed by atoms with Crippen LogP contribution in [0, 0.1) is 0 Å². The van der Waals surface area contributed by atoms with Crippen LogP contribution in [0.1, 0.15) is 20.8 Å². The normalized spacial score (nSPS) is 14.0. The molecule has 6 nitrogen and oxygen atoms in total. The number of rotatable bonds is 7. The molecule has 0 aromatic carbocycles. The fraction of sp³-hybridized carbons (Fsp3) is 0.900. The molecule has 0 aliphatic rings. The first-order valence-electron chi connectivity index (χ1n) is 5.48. The van der Waals surface area contributed by atoms with Crippen LogP contribution in [0.4, 0.5) is 0 Å². The standard InChI is InChI=1S/C10H24N4O2/c1-8(2)16-6-5-12-10(14-11)13-9(3)7-15-4/h8-9H,5-7,11H2,1-4H3,(H2,12,13,14). The minimum Gasteiger partial charge on any atom is -0.383 e. The Hall–Kier alpha value is -0.850. The molecule has 4 N–H and O–H groups in total. The van der Waals surface area contributed by atoms with E-state index in [0.29, 0.717) is 25.7 Å². The first kappa shape index (κ1) is 15.2. The van der Waals surface area contributed by atoms with Crippen LogP contribution >= 0.6 is 0 Å². The molecule has 0 rings (SSSR count). The van der Waals surface area contributed by atoms with Gasteiger partial charge in [-0.1, -0.05) is 0 Å². The summed E-state index contributed by atoms with van der Waals surface area (Å²) in [5, 5.41) is 3.09. The van der Waals surface area contributed by atoms with Gasteiger partial charge in [0.15, 0.2) is 0 Å². The van der Waals surface area contributed by atoms with Crippen LogP contribution in [0.5, 0.6) is 0 Å². The summed E-state index contributed by atoms with van der Waals surface area (Å²) >= 11 is 0. The molecule has 0 saturated heterocycles. The predicted molar refractivity (Wildman–Crippen MR) is 65.2 cm³/mol. The molecule has 6 heteroatoms. The Labute approximate surface area is 97.6 Å². The number of guanidine groups is 1. The third kappa shape index (κ3) is 8.46.